The third-order valence-corrected chi connectivity index (χ3v) is 3.14. The van der Waals surface area contributed by atoms with E-state index in [0.29, 0.717) is 5.95 Å². The summed E-state index contributed by atoms with van der Waals surface area (Å²) in [4.78, 5) is 26.1. The third-order valence-electron chi connectivity index (χ3n) is 3.14. The van der Waals surface area contributed by atoms with Crippen LogP contribution in [-0.2, 0) is 0 Å². The Hall–Kier alpha value is -3.42. The largest absolute Gasteiger partial charge is 0.389 e. The molecule has 22 heavy (non-hydrogen) atoms. The van der Waals surface area contributed by atoms with Gasteiger partial charge in [-0.1, -0.05) is 17.2 Å². The lowest BCUT2D eigenvalue weighted by molar-refractivity contribution is 0.257. The molecule has 2 aromatic heterocycles. The number of aromatic amines is 1. The Balaban J connectivity index is 1.68. The molecule has 0 aliphatic carbocycles. The highest BCUT2D eigenvalue weighted by atomic mass is 16.2. The normalized spacial score (nSPS) is 13.6. The van der Waals surface area contributed by atoms with Gasteiger partial charge in [-0.2, -0.15) is 4.99 Å². The number of fused-ring (bicyclic) bond motifs is 1. The summed E-state index contributed by atoms with van der Waals surface area (Å²) in [7, 11) is 0. The number of guanidine groups is 1. The standard InChI is InChI=1S/C14H9N7O/c22-14-19-13(20-21-14)18-12-16-10-4-3-8(6-11(10)17-12)9-2-1-5-15-7-9/h1-7H,(H2,16,17,18,19,20,21,22). The van der Waals surface area contributed by atoms with Crippen LogP contribution in [0.15, 0.2) is 57.9 Å². The average molecular weight is 291 g/mol. The number of pyridine rings is 1. The van der Waals surface area contributed by atoms with Gasteiger partial charge in [-0.25, -0.2) is 9.78 Å². The van der Waals surface area contributed by atoms with Crippen LogP contribution < -0.4 is 5.32 Å². The van der Waals surface area contributed by atoms with E-state index in [9.17, 15) is 4.79 Å². The maximum Gasteiger partial charge on any atom is 0.389 e. The van der Waals surface area contributed by atoms with E-state index < -0.39 is 6.03 Å². The van der Waals surface area contributed by atoms with Crippen molar-refractivity contribution in [3.63, 3.8) is 0 Å². The summed E-state index contributed by atoms with van der Waals surface area (Å²) >= 11 is 0. The Kier molecular flexibility index (Phi) is 2.72. The molecule has 8 heteroatoms. The van der Waals surface area contributed by atoms with E-state index in [2.05, 4.69) is 35.5 Å². The van der Waals surface area contributed by atoms with Gasteiger partial charge in [0.1, 0.15) is 0 Å². The van der Waals surface area contributed by atoms with Crippen LogP contribution in [0, 0.1) is 0 Å². The highest BCUT2D eigenvalue weighted by molar-refractivity contribution is 6.04. The minimum Gasteiger partial charge on any atom is -0.324 e. The zero-order valence-electron chi connectivity index (χ0n) is 11.2. The first-order valence-electron chi connectivity index (χ1n) is 6.49. The van der Waals surface area contributed by atoms with Gasteiger partial charge in [0.25, 0.3) is 5.96 Å². The lowest BCUT2D eigenvalue weighted by atomic mass is 10.1. The lowest BCUT2D eigenvalue weighted by Crippen LogP contribution is -2.07. The fourth-order valence-electron chi connectivity index (χ4n) is 2.16. The molecule has 2 N–H and O–H groups in total. The Labute approximate surface area is 124 Å². The smallest absolute Gasteiger partial charge is 0.324 e. The van der Waals surface area contributed by atoms with Crippen molar-refractivity contribution >= 4 is 29.0 Å². The van der Waals surface area contributed by atoms with Gasteiger partial charge in [-0.15, -0.1) is 5.11 Å². The quantitative estimate of drug-likeness (QED) is 0.756. The van der Waals surface area contributed by atoms with Crippen molar-refractivity contribution in [1.82, 2.24) is 15.0 Å². The first-order chi connectivity index (χ1) is 10.8. The summed E-state index contributed by atoms with van der Waals surface area (Å²) in [6.07, 6.45) is 3.53. The van der Waals surface area contributed by atoms with Crippen molar-refractivity contribution in [3.05, 3.63) is 42.7 Å². The number of hydrogen-bond acceptors (Lipinski definition) is 5. The SMILES string of the molecule is O=C1N=NC(Nc2nc3cc(-c4cccnc4)ccc3[nH]2)=N1. The molecule has 1 aromatic carbocycles. The Bertz CT molecular complexity index is 927. The number of aromatic nitrogens is 3. The number of nitrogens with zero attached hydrogens (tertiary/aromatic N) is 5. The number of azo groups is 1. The van der Waals surface area contributed by atoms with E-state index in [0.717, 1.165) is 22.2 Å². The summed E-state index contributed by atoms with van der Waals surface area (Å²) in [6.45, 7) is 0. The fraction of sp³-hybridized carbons (Fsp3) is 0. The summed E-state index contributed by atoms with van der Waals surface area (Å²) in [5.41, 5.74) is 3.68. The van der Waals surface area contributed by atoms with Crippen molar-refractivity contribution < 1.29 is 4.79 Å². The zero-order valence-corrected chi connectivity index (χ0v) is 11.2. The lowest BCUT2D eigenvalue weighted by Gasteiger charge is -1.99. The van der Waals surface area contributed by atoms with Crippen LogP contribution in [0.5, 0.6) is 0 Å². The molecular formula is C14H9N7O. The summed E-state index contributed by atoms with van der Waals surface area (Å²) in [5.74, 6) is 0.572. The molecule has 3 heterocycles. The topological polar surface area (TPSA) is 108 Å². The second-order valence-electron chi connectivity index (χ2n) is 4.60. The highest BCUT2D eigenvalue weighted by Gasteiger charge is 2.12. The van der Waals surface area contributed by atoms with E-state index >= 15 is 0 Å². The Morgan fingerprint density at radius 3 is 2.82 bits per heavy atom. The van der Waals surface area contributed by atoms with Crippen LogP contribution in [0.2, 0.25) is 0 Å². The summed E-state index contributed by atoms with van der Waals surface area (Å²) in [5, 5.41) is 9.70. The third kappa shape index (κ3) is 2.22. The molecular weight excluding hydrogens is 282 g/mol. The van der Waals surface area contributed by atoms with Gasteiger partial charge in [0.2, 0.25) is 5.95 Å². The van der Waals surface area contributed by atoms with Crippen molar-refractivity contribution in [2.45, 2.75) is 0 Å². The van der Waals surface area contributed by atoms with Crippen molar-refractivity contribution in [2.24, 2.45) is 15.2 Å². The maximum atomic E-state index is 10.9. The average Bonchev–Trinajstić information content (AvgIpc) is 3.13. The predicted molar refractivity (Wildman–Crippen MR) is 80.6 cm³/mol. The molecule has 2 amide bonds. The van der Waals surface area contributed by atoms with Gasteiger partial charge in [-0.05, 0) is 23.8 Å². The molecule has 0 saturated carbocycles. The van der Waals surface area contributed by atoms with Gasteiger partial charge in [0.15, 0.2) is 0 Å². The predicted octanol–water partition coefficient (Wildman–Crippen LogP) is 2.98. The number of imidazole rings is 1. The van der Waals surface area contributed by atoms with Gasteiger partial charge >= 0.3 is 6.03 Å². The number of hydrogen-bond donors (Lipinski definition) is 2. The molecule has 0 bridgehead atoms. The maximum absolute atomic E-state index is 10.9. The number of rotatable bonds is 2. The van der Waals surface area contributed by atoms with Crippen LogP contribution in [-0.4, -0.2) is 26.9 Å². The molecule has 0 spiro atoms. The number of benzene rings is 1. The Morgan fingerprint density at radius 2 is 2.05 bits per heavy atom. The Morgan fingerprint density at radius 1 is 1.09 bits per heavy atom. The van der Waals surface area contributed by atoms with Crippen LogP contribution >= 0.6 is 0 Å². The van der Waals surface area contributed by atoms with Crippen molar-refractivity contribution in [3.8, 4) is 11.1 Å². The summed E-state index contributed by atoms with van der Waals surface area (Å²) in [6, 6.07) is 9.11. The molecule has 4 rings (SSSR count). The van der Waals surface area contributed by atoms with Crippen molar-refractivity contribution in [2.75, 3.05) is 5.32 Å². The van der Waals surface area contributed by atoms with E-state index in [1.54, 1.807) is 12.4 Å². The number of H-pyrrole nitrogens is 1. The van der Waals surface area contributed by atoms with Crippen LogP contribution in [0.25, 0.3) is 22.2 Å². The molecule has 0 saturated heterocycles. The second kappa shape index (κ2) is 4.85. The molecule has 1 aliphatic heterocycles. The minimum atomic E-state index is -0.627. The van der Waals surface area contributed by atoms with E-state index in [1.165, 1.54) is 0 Å². The molecule has 0 unspecified atom stereocenters. The number of carbonyl (C=O) groups is 1. The molecule has 0 fully saturated rings. The monoisotopic (exact) mass is 291 g/mol. The molecule has 1 aliphatic rings. The molecule has 3 aromatic rings. The van der Waals surface area contributed by atoms with Crippen LogP contribution in [0.3, 0.4) is 0 Å². The number of carbonyl (C=O) groups excluding carboxylic acids is 1. The van der Waals surface area contributed by atoms with Gasteiger partial charge in [-0.3, -0.25) is 10.3 Å². The molecule has 8 nitrogen and oxygen atoms in total. The minimum absolute atomic E-state index is 0.122. The number of urea groups is 1. The van der Waals surface area contributed by atoms with Crippen LogP contribution in [0.4, 0.5) is 10.7 Å². The number of anilines is 1. The van der Waals surface area contributed by atoms with Crippen LogP contribution in [0.1, 0.15) is 0 Å². The fourth-order valence-corrected chi connectivity index (χ4v) is 2.16. The molecule has 0 atom stereocenters. The van der Waals surface area contributed by atoms with Gasteiger partial charge in [0, 0.05) is 18.0 Å². The summed E-state index contributed by atoms with van der Waals surface area (Å²) < 4.78 is 0. The van der Waals surface area contributed by atoms with E-state index in [1.807, 2.05) is 30.3 Å². The highest BCUT2D eigenvalue weighted by Crippen LogP contribution is 2.23. The molecule has 106 valence electrons. The van der Waals surface area contributed by atoms with E-state index in [-0.39, 0.29) is 5.96 Å². The van der Waals surface area contributed by atoms with Crippen molar-refractivity contribution in [1.29, 1.82) is 0 Å². The first-order valence-corrected chi connectivity index (χ1v) is 6.49. The number of aliphatic imine (C=N–C) groups is 1. The number of amides is 2. The molecule has 0 radical (unpaired) electrons. The van der Waals surface area contributed by atoms with Gasteiger partial charge in [0.05, 0.1) is 11.0 Å². The van der Waals surface area contributed by atoms with E-state index in [4.69, 9.17) is 0 Å². The first kappa shape index (κ1) is 12.3. The number of nitrogens with one attached hydrogen (secondary N) is 2. The zero-order chi connectivity index (χ0) is 14.9. The van der Waals surface area contributed by atoms with Gasteiger partial charge < -0.3 is 4.98 Å². The second-order valence-corrected chi connectivity index (χ2v) is 4.60.